The molecule has 0 aliphatic heterocycles. The number of hydrogen-bond donors (Lipinski definition) is 1. The van der Waals surface area contributed by atoms with E-state index in [4.69, 9.17) is 10.1 Å². The summed E-state index contributed by atoms with van der Waals surface area (Å²) in [5, 5.41) is 8.39. The molecule has 0 amide bonds. The van der Waals surface area contributed by atoms with Gasteiger partial charge in [-0.3, -0.25) is 10.2 Å². The van der Waals surface area contributed by atoms with Crippen molar-refractivity contribution in [3.63, 3.8) is 0 Å². The first kappa shape index (κ1) is 21.4. The normalized spacial score (nSPS) is 10.4. The number of rotatable bonds is 7. The van der Waals surface area contributed by atoms with E-state index in [1.807, 2.05) is 35.8 Å². The number of fused-ring (bicyclic) bond motifs is 1. The molecule has 148 valence electrons. The fourth-order valence-electron chi connectivity index (χ4n) is 2.95. The van der Waals surface area contributed by atoms with Crippen molar-refractivity contribution in [3.05, 3.63) is 59.7 Å². The molecule has 0 fully saturated rings. The van der Waals surface area contributed by atoms with Gasteiger partial charge in [0, 0.05) is 12.1 Å². The van der Waals surface area contributed by atoms with Gasteiger partial charge in [-0.25, -0.2) is 4.79 Å². The van der Waals surface area contributed by atoms with Gasteiger partial charge in [0.05, 0.1) is 24.7 Å². The van der Waals surface area contributed by atoms with Crippen molar-refractivity contribution in [1.82, 2.24) is 9.13 Å². The largest absolute Gasteiger partial charge is 0.482 e. The number of Topliss-reactive ketones (excluding diaryl/α,β-unsaturated/α-hetero) is 1. The van der Waals surface area contributed by atoms with Crippen molar-refractivity contribution in [2.24, 2.45) is 0 Å². The van der Waals surface area contributed by atoms with Gasteiger partial charge in [0.15, 0.2) is 12.4 Å². The Morgan fingerprint density at radius 1 is 1.00 bits per heavy atom. The third-order valence-corrected chi connectivity index (χ3v) is 4.35. The number of aryl methyl sites for hydroxylation is 1. The average molecular weight is 448 g/mol. The maximum Gasteiger partial charge on any atom is 0.343 e. The zero-order chi connectivity index (χ0) is 19.4. The van der Waals surface area contributed by atoms with Gasteiger partial charge in [-0.15, -0.1) is 17.0 Å². The van der Waals surface area contributed by atoms with Crippen molar-refractivity contribution in [3.8, 4) is 5.75 Å². The fourth-order valence-corrected chi connectivity index (χ4v) is 2.95. The smallest absolute Gasteiger partial charge is 0.343 e. The summed E-state index contributed by atoms with van der Waals surface area (Å²) in [5.41, 5.74) is 2.60. The maximum atomic E-state index is 12.7. The fraction of sp³-hybridized carbons (Fsp3) is 0.250. The van der Waals surface area contributed by atoms with Crippen LogP contribution < -0.4 is 10.4 Å². The van der Waals surface area contributed by atoms with E-state index in [0.29, 0.717) is 23.5 Å². The number of carbonyl (C=O) groups excluding carboxylic acids is 2. The van der Waals surface area contributed by atoms with Gasteiger partial charge in [-0.2, -0.15) is 0 Å². The number of aromatic nitrogens is 2. The zero-order valence-corrected chi connectivity index (χ0v) is 17.4. The van der Waals surface area contributed by atoms with E-state index in [0.717, 1.165) is 11.0 Å². The van der Waals surface area contributed by atoms with Crippen molar-refractivity contribution in [2.75, 3.05) is 13.7 Å². The third kappa shape index (κ3) is 4.33. The van der Waals surface area contributed by atoms with Crippen LogP contribution in [-0.4, -0.2) is 34.6 Å². The number of nitrogens with zero attached hydrogens (tertiary/aromatic N) is 2. The number of hydrogen-bond acceptors (Lipinski definition) is 5. The molecule has 0 saturated carbocycles. The van der Waals surface area contributed by atoms with E-state index < -0.39 is 5.97 Å². The van der Waals surface area contributed by atoms with Gasteiger partial charge in [0.1, 0.15) is 5.75 Å². The molecule has 28 heavy (non-hydrogen) atoms. The van der Waals surface area contributed by atoms with Crippen LogP contribution in [-0.2, 0) is 22.6 Å². The standard InChI is InChI=1S/C20H21N3O4.BrH/c1-3-22-16-6-4-5-7-17(16)23(20(22)21)12-18(24)14-8-10-15(11-9-14)27-13-19(25)26-2;/h4-11,21H,3,12-13H2,1-2H3;1H. The van der Waals surface area contributed by atoms with E-state index in [2.05, 4.69) is 4.74 Å². The van der Waals surface area contributed by atoms with Crippen molar-refractivity contribution < 1.29 is 19.1 Å². The van der Waals surface area contributed by atoms with Crippen LogP contribution in [0.15, 0.2) is 48.5 Å². The molecule has 7 nitrogen and oxygen atoms in total. The highest BCUT2D eigenvalue weighted by Gasteiger charge is 2.14. The lowest BCUT2D eigenvalue weighted by Crippen LogP contribution is -2.27. The molecular weight excluding hydrogens is 426 g/mol. The van der Waals surface area contributed by atoms with E-state index in [1.54, 1.807) is 28.8 Å². The summed E-state index contributed by atoms with van der Waals surface area (Å²) in [5.74, 6) is -0.0952. The van der Waals surface area contributed by atoms with Crippen molar-refractivity contribution >= 4 is 39.8 Å². The number of ether oxygens (including phenoxy) is 2. The number of carbonyl (C=O) groups is 2. The van der Waals surface area contributed by atoms with E-state index in [1.165, 1.54) is 7.11 Å². The van der Waals surface area contributed by atoms with Crippen LogP contribution >= 0.6 is 17.0 Å². The number of ketones is 1. The van der Waals surface area contributed by atoms with Gasteiger partial charge in [-0.1, -0.05) is 12.1 Å². The first-order chi connectivity index (χ1) is 13.0. The molecule has 0 unspecified atom stereocenters. The molecule has 1 aromatic heterocycles. The quantitative estimate of drug-likeness (QED) is 0.445. The predicted octanol–water partition coefficient (Wildman–Crippen LogP) is 2.95. The Labute approximate surface area is 172 Å². The molecule has 0 atom stereocenters. The SMILES string of the molecule is Br.CCn1c(=N)n(CC(=O)c2ccc(OCC(=O)OC)cc2)c2ccccc21. The second-order valence-electron chi connectivity index (χ2n) is 5.96. The molecule has 1 heterocycles. The number of esters is 1. The minimum atomic E-state index is -0.471. The second-order valence-corrected chi connectivity index (χ2v) is 5.96. The van der Waals surface area contributed by atoms with Gasteiger partial charge in [0.25, 0.3) is 0 Å². The Hall–Kier alpha value is -2.87. The highest BCUT2D eigenvalue weighted by Crippen LogP contribution is 2.16. The zero-order valence-electron chi connectivity index (χ0n) is 15.7. The predicted molar refractivity (Wildman–Crippen MR) is 110 cm³/mol. The highest BCUT2D eigenvalue weighted by molar-refractivity contribution is 8.93. The summed E-state index contributed by atoms with van der Waals surface area (Å²) in [6.07, 6.45) is 0. The Bertz CT molecular complexity index is 1040. The molecule has 1 N–H and O–H groups in total. The summed E-state index contributed by atoms with van der Waals surface area (Å²) in [4.78, 5) is 23.8. The van der Waals surface area contributed by atoms with Crippen LogP contribution in [0.5, 0.6) is 5.75 Å². The summed E-state index contributed by atoms with van der Waals surface area (Å²) >= 11 is 0. The van der Waals surface area contributed by atoms with Crippen LogP contribution in [0, 0.1) is 5.41 Å². The highest BCUT2D eigenvalue weighted by atomic mass is 79.9. The van der Waals surface area contributed by atoms with Gasteiger partial charge >= 0.3 is 5.97 Å². The minimum Gasteiger partial charge on any atom is -0.482 e. The van der Waals surface area contributed by atoms with Gasteiger partial charge in [0.2, 0.25) is 5.62 Å². The summed E-state index contributed by atoms with van der Waals surface area (Å²) in [6.45, 7) is 2.53. The van der Waals surface area contributed by atoms with E-state index in [9.17, 15) is 9.59 Å². The lowest BCUT2D eigenvalue weighted by atomic mass is 10.1. The molecule has 0 aliphatic carbocycles. The Kier molecular flexibility index (Phi) is 7.17. The molecule has 0 saturated heterocycles. The number of methoxy groups -OCH3 is 1. The number of imidazole rings is 1. The van der Waals surface area contributed by atoms with Gasteiger partial charge in [-0.05, 0) is 43.3 Å². The molecule has 8 heteroatoms. The number of halogens is 1. The number of nitrogens with one attached hydrogen (secondary N) is 1. The maximum absolute atomic E-state index is 12.7. The Morgan fingerprint density at radius 3 is 2.18 bits per heavy atom. The summed E-state index contributed by atoms with van der Waals surface area (Å²) in [6, 6.07) is 14.3. The summed E-state index contributed by atoms with van der Waals surface area (Å²) in [7, 11) is 1.29. The topological polar surface area (TPSA) is 86.3 Å². The third-order valence-electron chi connectivity index (χ3n) is 4.35. The van der Waals surface area contributed by atoms with Crippen LogP contribution in [0.25, 0.3) is 11.0 Å². The summed E-state index contributed by atoms with van der Waals surface area (Å²) < 4.78 is 13.4. The molecule has 0 bridgehead atoms. The van der Waals surface area contributed by atoms with Crippen molar-refractivity contribution in [1.29, 1.82) is 5.41 Å². The first-order valence-electron chi connectivity index (χ1n) is 8.60. The Balaban J connectivity index is 0.00000280. The number of para-hydroxylation sites is 2. The molecule has 2 aromatic carbocycles. The Morgan fingerprint density at radius 2 is 1.61 bits per heavy atom. The van der Waals surface area contributed by atoms with Crippen LogP contribution in [0.2, 0.25) is 0 Å². The minimum absolute atomic E-state index is 0. The molecule has 0 spiro atoms. The molecule has 0 radical (unpaired) electrons. The molecule has 0 aliphatic rings. The van der Waals surface area contributed by atoms with Crippen LogP contribution in [0.3, 0.4) is 0 Å². The lowest BCUT2D eigenvalue weighted by molar-refractivity contribution is -0.142. The lowest BCUT2D eigenvalue weighted by Gasteiger charge is -2.07. The van der Waals surface area contributed by atoms with Crippen LogP contribution in [0.1, 0.15) is 17.3 Å². The molecule has 3 aromatic rings. The van der Waals surface area contributed by atoms with E-state index >= 15 is 0 Å². The van der Waals surface area contributed by atoms with Crippen molar-refractivity contribution in [2.45, 2.75) is 20.0 Å². The number of benzene rings is 2. The molecular formula is C20H22BrN3O4. The first-order valence-corrected chi connectivity index (χ1v) is 8.60. The van der Waals surface area contributed by atoms with Crippen LogP contribution in [0.4, 0.5) is 0 Å². The van der Waals surface area contributed by atoms with Gasteiger partial charge < -0.3 is 18.6 Å². The molecule has 3 rings (SSSR count). The van der Waals surface area contributed by atoms with E-state index in [-0.39, 0.29) is 35.9 Å². The second kappa shape index (κ2) is 9.36. The average Bonchev–Trinajstić information content (AvgIpc) is 2.97. The monoisotopic (exact) mass is 447 g/mol.